The van der Waals surface area contributed by atoms with E-state index < -0.39 is 6.04 Å². The Morgan fingerprint density at radius 3 is 2.86 bits per heavy atom. The molecule has 6 nitrogen and oxygen atoms in total. The predicted molar refractivity (Wildman–Crippen MR) is 102 cm³/mol. The van der Waals surface area contributed by atoms with Crippen molar-refractivity contribution >= 4 is 23.2 Å². The van der Waals surface area contributed by atoms with Crippen LogP contribution in [0.1, 0.15) is 29.1 Å². The molecule has 1 fully saturated rings. The number of thiazole rings is 1. The highest BCUT2D eigenvalue weighted by atomic mass is 32.1. The van der Waals surface area contributed by atoms with Crippen LogP contribution in [0.4, 0.5) is 4.39 Å². The molecule has 3 heterocycles. The fraction of sp³-hybridized carbons (Fsp3) is 0.250. The number of likely N-dealkylation sites (tertiary alicyclic amines) is 1. The van der Waals surface area contributed by atoms with Crippen LogP contribution < -0.4 is 5.32 Å². The maximum Gasteiger partial charge on any atom is 0.274 e. The minimum atomic E-state index is -0.515. The standard InChI is InChI=1S/C20H18FN3O3S/c21-14-7-5-13(6-8-14)19-23-16(12-28-19)20(26)24-9-1-4-17(24)18(25)22-11-15-3-2-10-27-15/h2-3,5-8,10,12,17H,1,4,9,11H2,(H,22,25). The quantitative estimate of drug-likeness (QED) is 0.713. The highest BCUT2D eigenvalue weighted by Crippen LogP contribution is 2.26. The highest BCUT2D eigenvalue weighted by Gasteiger charge is 2.35. The first-order valence-electron chi connectivity index (χ1n) is 8.94. The lowest BCUT2D eigenvalue weighted by atomic mass is 10.2. The Morgan fingerprint density at radius 1 is 1.29 bits per heavy atom. The second-order valence-corrected chi connectivity index (χ2v) is 7.36. The number of nitrogens with zero attached hydrogens (tertiary/aromatic N) is 2. The summed E-state index contributed by atoms with van der Waals surface area (Å²) in [5.74, 6) is -0.124. The van der Waals surface area contributed by atoms with Gasteiger partial charge in [-0.15, -0.1) is 11.3 Å². The van der Waals surface area contributed by atoms with Gasteiger partial charge in [-0.05, 0) is 49.2 Å². The number of nitrogens with one attached hydrogen (secondary N) is 1. The van der Waals surface area contributed by atoms with E-state index in [-0.39, 0.29) is 24.2 Å². The van der Waals surface area contributed by atoms with Crippen LogP contribution in [-0.2, 0) is 11.3 Å². The van der Waals surface area contributed by atoms with Crippen molar-refractivity contribution in [1.82, 2.24) is 15.2 Å². The minimum Gasteiger partial charge on any atom is -0.467 e. The van der Waals surface area contributed by atoms with Crippen molar-refractivity contribution in [3.8, 4) is 10.6 Å². The first kappa shape index (κ1) is 18.4. The molecule has 0 radical (unpaired) electrons. The van der Waals surface area contributed by atoms with Crippen LogP contribution in [0.3, 0.4) is 0 Å². The van der Waals surface area contributed by atoms with Crippen LogP contribution in [0.15, 0.2) is 52.5 Å². The van der Waals surface area contributed by atoms with Crippen molar-refractivity contribution < 1.29 is 18.4 Å². The molecule has 4 rings (SSSR count). The summed E-state index contributed by atoms with van der Waals surface area (Å²) in [6.07, 6.45) is 2.93. The molecule has 3 aromatic rings. The molecule has 1 aliphatic heterocycles. The predicted octanol–water partition coefficient (Wildman–Crippen LogP) is 3.46. The zero-order valence-corrected chi connectivity index (χ0v) is 15.7. The third kappa shape index (κ3) is 3.82. The van der Waals surface area contributed by atoms with E-state index >= 15 is 0 Å². The van der Waals surface area contributed by atoms with E-state index in [1.54, 1.807) is 40.8 Å². The minimum absolute atomic E-state index is 0.198. The lowest BCUT2D eigenvalue weighted by Crippen LogP contribution is -2.45. The Labute approximate surface area is 165 Å². The number of aromatic nitrogens is 1. The van der Waals surface area contributed by atoms with E-state index in [0.717, 1.165) is 12.0 Å². The SMILES string of the molecule is O=C(NCc1ccco1)C1CCCN1C(=O)c1csc(-c2ccc(F)cc2)n1. The average molecular weight is 399 g/mol. The molecule has 1 unspecified atom stereocenters. The van der Waals surface area contributed by atoms with Gasteiger partial charge < -0.3 is 14.6 Å². The Bertz CT molecular complexity index is 969. The number of carbonyl (C=O) groups is 2. The third-order valence-electron chi connectivity index (χ3n) is 4.65. The first-order chi connectivity index (χ1) is 13.6. The van der Waals surface area contributed by atoms with Crippen LogP contribution in [-0.4, -0.2) is 34.3 Å². The van der Waals surface area contributed by atoms with Crippen molar-refractivity contribution in [2.24, 2.45) is 0 Å². The monoisotopic (exact) mass is 399 g/mol. The molecule has 28 heavy (non-hydrogen) atoms. The van der Waals surface area contributed by atoms with Crippen LogP contribution in [0.2, 0.25) is 0 Å². The number of halogens is 1. The van der Waals surface area contributed by atoms with Gasteiger partial charge in [0.15, 0.2) is 0 Å². The largest absolute Gasteiger partial charge is 0.467 e. The van der Waals surface area contributed by atoms with Crippen molar-refractivity contribution in [1.29, 1.82) is 0 Å². The van der Waals surface area contributed by atoms with Gasteiger partial charge in [0.05, 0.1) is 12.8 Å². The van der Waals surface area contributed by atoms with Crippen molar-refractivity contribution in [3.05, 3.63) is 65.3 Å². The van der Waals surface area contributed by atoms with Gasteiger partial charge in [0.1, 0.15) is 28.3 Å². The second-order valence-electron chi connectivity index (χ2n) is 6.50. The summed E-state index contributed by atoms with van der Waals surface area (Å²) in [4.78, 5) is 31.4. The summed E-state index contributed by atoms with van der Waals surface area (Å²) in [5.41, 5.74) is 1.05. The summed E-state index contributed by atoms with van der Waals surface area (Å²) in [6, 6.07) is 9.00. The summed E-state index contributed by atoms with van der Waals surface area (Å²) < 4.78 is 18.3. The summed E-state index contributed by atoms with van der Waals surface area (Å²) in [6.45, 7) is 0.802. The number of benzene rings is 1. The number of hydrogen-bond acceptors (Lipinski definition) is 5. The number of carbonyl (C=O) groups excluding carboxylic acids is 2. The van der Waals surface area contributed by atoms with Crippen LogP contribution >= 0.6 is 11.3 Å². The smallest absolute Gasteiger partial charge is 0.274 e. The summed E-state index contributed by atoms with van der Waals surface area (Å²) in [7, 11) is 0. The molecular formula is C20H18FN3O3S. The van der Waals surface area contributed by atoms with Gasteiger partial charge in [0.2, 0.25) is 5.91 Å². The molecule has 2 amide bonds. The van der Waals surface area contributed by atoms with Crippen LogP contribution in [0, 0.1) is 5.82 Å². The van der Waals surface area contributed by atoms with E-state index in [9.17, 15) is 14.0 Å². The summed E-state index contributed by atoms with van der Waals surface area (Å²) >= 11 is 1.32. The molecule has 1 saturated heterocycles. The zero-order chi connectivity index (χ0) is 19.5. The topological polar surface area (TPSA) is 75.4 Å². The Hall–Kier alpha value is -3.00. The van der Waals surface area contributed by atoms with Crippen molar-refractivity contribution in [2.45, 2.75) is 25.4 Å². The third-order valence-corrected chi connectivity index (χ3v) is 5.54. The number of furan rings is 1. The van der Waals surface area contributed by atoms with Gasteiger partial charge in [-0.1, -0.05) is 0 Å². The van der Waals surface area contributed by atoms with E-state index in [4.69, 9.17) is 4.42 Å². The maximum atomic E-state index is 13.1. The number of hydrogen-bond donors (Lipinski definition) is 1. The van der Waals surface area contributed by atoms with Crippen molar-refractivity contribution in [2.75, 3.05) is 6.54 Å². The van der Waals surface area contributed by atoms with Gasteiger partial charge in [-0.25, -0.2) is 9.37 Å². The Balaban J connectivity index is 1.44. The first-order valence-corrected chi connectivity index (χ1v) is 9.82. The van der Waals surface area contributed by atoms with Crippen LogP contribution in [0.25, 0.3) is 10.6 Å². The Morgan fingerprint density at radius 2 is 2.11 bits per heavy atom. The highest BCUT2D eigenvalue weighted by molar-refractivity contribution is 7.13. The van der Waals surface area contributed by atoms with Gasteiger partial charge in [0, 0.05) is 17.5 Å². The lowest BCUT2D eigenvalue weighted by Gasteiger charge is -2.23. The summed E-state index contributed by atoms with van der Waals surface area (Å²) in [5, 5.41) is 5.14. The van der Waals surface area contributed by atoms with Crippen molar-refractivity contribution in [3.63, 3.8) is 0 Å². The molecule has 1 N–H and O–H groups in total. The molecular weight excluding hydrogens is 381 g/mol. The lowest BCUT2D eigenvalue weighted by molar-refractivity contribution is -0.125. The van der Waals surface area contributed by atoms with E-state index in [2.05, 4.69) is 10.3 Å². The molecule has 0 aliphatic carbocycles. The molecule has 0 saturated carbocycles. The van der Waals surface area contributed by atoms with Gasteiger partial charge in [0.25, 0.3) is 5.91 Å². The van der Waals surface area contributed by atoms with Gasteiger partial charge in [-0.2, -0.15) is 0 Å². The zero-order valence-electron chi connectivity index (χ0n) is 14.9. The number of amides is 2. The number of rotatable bonds is 5. The normalized spacial score (nSPS) is 16.3. The molecule has 1 aromatic carbocycles. The fourth-order valence-electron chi connectivity index (χ4n) is 3.23. The average Bonchev–Trinajstić information content (AvgIpc) is 3.47. The molecule has 144 valence electrons. The molecule has 8 heteroatoms. The molecule has 0 bridgehead atoms. The molecule has 0 spiro atoms. The van der Waals surface area contributed by atoms with E-state index in [1.807, 2.05) is 0 Å². The van der Waals surface area contributed by atoms with E-state index in [0.29, 0.717) is 29.4 Å². The maximum absolute atomic E-state index is 13.1. The second kappa shape index (κ2) is 7.93. The van der Waals surface area contributed by atoms with Gasteiger partial charge >= 0.3 is 0 Å². The van der Waals surface area contributed by atoms with E-state index in [1.165, 1.54) is 23.5 Å². The Kier molecular flexibility index (Phi) is 5.21. The fourth-order valence-corrected chi connectivity index (χ4v) is 4.03. The van der Waals surface area contributed by atoms with Gasteiger partial charge in [-0.3, -0.25) is 9.59 Å². The van der Waals surface area contributed by atoms with Crippen LogP contribution in [0.5, 0.6) is 0 Å². The molecule has 2 aromatic heterocycles. The molecule has 1 atom stereocenters. The molecule has 1 aliphatic rings.